The van der Waals surface area contributed by atoms with Crippen molar-refractivity contribution in [2.75, 3.05) is 22.8 Å². The number of anilines is 2. The monoisotopic (exact) mass is 341 g/mol. The average Bonchev–Trinajstić information content (AvgIpc) is 2.43. The zero-order valence-electron chi connectivity index (χ0n) is 13.6. The third kappa shape index (κ3) is 7.14. The second-order valence-electron chi connectivity index (χ2n) is 5.28. The lowest BCUT2D eigenvalue weighted by Crippen LogP contribution is -2.26. The van der Waals surface area contributed by atoms with Crippen LogP contribution in [0.1, 0.15) is 43.5 Å². The van der Waals surface area contributed by atoms with Gasteiger partial charge >= 0.3 is 0 Å². The molecule has 0 saturated carbocycles. The molecule has 0 spiro atoms. The molecule has 8 heteroatoms. The van der Waals surface area contributed by atoms with Crippen LogP contribution in [-0.2, 0) is 14.8 Å². The molecule has 0 aliphatic heterocycles. The van der Waals surface area contributed by atoms with E-state index >= 15 is 0 Å². The van der Waals surface area contributed by atoms with E-state index in [1.807, 2.05) is 0 Å². The lowest BCUT2D eigenvalue weighted by Gasteiger charge is -2.13. The second kappa shape index (κ2) is 8.52. The van der Waals surface area contributed by atoms with Gasteiger partial charge in [0.25, 0.3) is 5.91 Å². The van der Waals surface area contributed by atoms with Crippen LogP contribution in [0.5, 0.6) is 0 Å². The molecule has 7 nitrogen and oxygen atoms in total. The topological polar surface area (TPSA) is 104 Å². The maximum Gasteiger partial charge on any atom is 0.253 e. The van der Waals surface area contributed by atoms with Gasteiger partial charge in [-0.2, -0.15) is 0 Å². The van der Waals surface area contributed by atoms with Crippen LogP contribution in [0.2, 0.25) is 0 Å². The van der Waals surface area contributed by atoms with E-state index < -0.39 is 10.0 Å². The van der Waals surface area contributed by atoms with E-state index in [1.165, 1.54) is 25.1 Å². The summed E-state index contributed by atoms with van der Waals surface area (Å²) in [6.45, 7) is 3.93. The lowest BCUT2D eigenvalue weighted by atomic mass is 10.1. The summed E-state index contributed by atoms with van der Waals surface area (Å²) in [7, 11) is -3.52. The molecule has 1 aromatic rings. The van der Waals surface area contributed by atoms with Gasteiger partial charge in [0.15, 0.2) is 0 Å². The van der Waals surface area contributed by atoms with Crippen LogP contribution >= 0.6 is 0 Å². The van der Waals surface area contributed by atoms with Gasteiger partial charge in [-0.1, -0.05) is 19.8 Å². The molecule has 1 rings (SSSR count). The van der Waals surface area contributed by atoms with E-state index in [1.54, 1.807) is 0 Å². The molecule has 0 radical (unpaired) electrons. The average molecular weight is 341 g/mol. The summed E-state index contributed by atoms with van der Waals surface area (Å²) in [6, 6.07) is 4.43. The molecule has 3 N–H and O–H groups in total. The minimum absolute atomic E-state index is 0.165. The predicted molar refractivity (Wildman–Crippen MR) is 91.1 cm³/mol. The van der Waals surface area contributed by atoms with Crippen LogP contribution in [-0.4, -0.2) is 33.0 Å². The Morgan fingerprint density at radius 2 is 1.87 bits per heavy atom. The first-order valence-corrected chi connectivity index (χ1v) is 9.29. The number of sulfonamides is 1. The molecule has 0 heterocycles. The largest absolute Gasteiger partial charge is 0.352 e. The van der Waals surface area contributed by atoms with Gasteiger partial charge in [0, 0.05) is 19.2 Å². The lowest BCUT2D eigenvalue weighted by molar-refractivity contribution is -0.114. The Labute approximate surface area is 136 Å². The summed E-state index contributed by atoms with van der Waals surface area (Å²) in [5, 5.41) is 5.32. The Morgan fingerprint density at radius 3 is 2.43 bits per heavy atom. The summed E-state index contributed by atoms with van der Waals surface area (Å²) < 4.78 is 25.2. The van der Waals surface area contributed by atoms with Crippen molar-refractivity contribution in [3.63, 3.8) is 0 Å². The van der Waals surface area contributed by atoms with E-state index in [2.05, 4.69) is 22.3 Å². The van der Waals surface area contributed by atoms with Crippen molar-refractivity contribution in [3.05, 3.63) is 23.8 Å². The fourth-order valence-corrected chi connectivity index (χ4v) is 2.55. The van der Waals surface area contributed by atoms with E-state index in [4.69, 9.17) is 0 Å². The summed E-state index contributed by atoms with van der Waals surface area (Å²) >= 11 is 0. The van der Waals surface area contributed by atoms with E-state index in [9.17, 15) is 18.0 Å². The van der Waals surface area contributed by atoms with E-state index in [0.717, 1.165) is 25.5 Å². The molecule has 0 fully saturated rings. The Hall–Kier alpha value is -2.09. The number of carbonyl (C=O) groups excluding carboxylic acids is 2. The first-order valence-electron chi connectivity index (χ1n) is 7.40. The van der Waals surface area contributed by atoms with Crippen molar-refractivity contribution in [1.82, 2.24) is 5.32 Å². The number of unbranched alkanes of at least 4 members (excludes halogenated alkanes) is 2. The first kappa shape index (κ1) is 19.0. The van der Waals surface area contributed by atoms with Crippen LogP contribution in [0.3, 0.4) is 0 Å². The zero-order chi connectivity index (χ0) is 17.5. The van der Waals surface area contributed by atoms with Crippen molar-refractivity contribution < 1.29 is 18.0 Å². The summed E-state index contributed by atoms with van der Waals surface area (Å²) in [6.07, 6.45) is 3.90. The third-order valence-corrected chi connectivity index (χ3v) is 3.54. The van der Waals surface area contributed by atoms with Crippen molar-refractivity contribution in [2.45, 2.75) is 33.1 Å². The fraction of sp³-hybridized carbons (Fsp3) is 0.467. The minimum Gasteiger partial charge on any atom is -0.352 e. The van der Waals surface area contributed by atoms with Gasteiger partial charge in [-0.3, -0.25) is 14.3 Å². The quantitative estimate of drug-likeness (QED) is 0.628. The highest BCUT2D eigenvalue weighted by Crippen LogP contribution is 2.21. The Bertz CT molecular complexity index is 671. The first-order chi connectivity index (χ1) is 10.7. The maximum atomic E-state index is 12.3. The highest BCUT2D eigenvalue weighted by Gasteiger charge is 2.15. The molecule has 0 saturated heterocycles. The highest BCUT2D eigenvalue weighted by molar-refractivity contribution is 7.92. The van der Waals surface area contributed by atoms with Gasteiger partial charge in [0.05, 0.1) is 17.5 Å². The van der Waals surface area contributed by atoms with Gasteiger partial charge in [-0.15, -0.1) is 0 Å². The highest BCUT2D eigenvalue weighted by atomic mass is 32.2. The fourth-order valence-electron chi connectivity index (χ4n) is 1.97. The molecule has 23 heavy (non-hydrogen) atoms. The molecule has 0 atom stereocenters. The molecule has 1 aromatic carbocycles. The molecule has 0 aromatic heterocycles. The normalized spacial score (nSPS) is 10.9. The van der Waals surface area contributed by atoms with Crippen molar-refractivity contribution >= 4 is 33.2 Å². The second-order valence-corrected chi connectivity index (χ2v) is 7.03. The van der Waals surface area contributed by atoms with Crippen LogP contribution in [0.15, 0.2) is 18.2 Å². The number of hydrogen-bond donors (Lipinski definition) is 3. The van der Waals surface area contributed by atoms with E-state index in [0.29, 0.717) is 12.2 Å². The SMILES string of the molecule is CCCCCNC(=O)c1cc(NC(C)=O)ccc1NS(C)(=O)=O. The molecule has 0 aliphatic rings. The van der Waals surface area contributed by atoms with Crippen molar-refractivity contribution in [3.8, 4) is 0 Å². The molecule has 2 amide bonds. The van der Waals surface area contributed by atoms with Crippen molar-refractivity contribution in [1.29, 1.82) is 0 Å². The van der Waals surface area contributed by atoms with Gasteiger partial charge in [-0.25, -0.2) is 8.42 Å². The summed E-state index contributed by atoms with van der Waals surface area (Å²) in [4.78, 5) is 23.4. The van der Waals surface area contributed by atoms with E-state index in [-0.39, 0.29) is 23.1 Å². The van der Waals surface area contributed by atoms with Gasteiger partial charge in [0.2, 0.25) is 15.9 Å². The van der Waals surface area contributed by atoms with Gasteiger partial charge in [0.1, 0.15) is 0 Å². The molecule has 0 bridgehead atoms. The smallest absolute Gasteiger partial charge is 0.253 e. The molecule has 0 unspecified atom stereocenters. The van der Waals surface area contributed by atoms with Crippen LogP contribution in [0.25, 0.3) is 0 Å². The number of carbonyl (C=O) groups is 2. The van der Waals surface area contributed by atoms with Crippen LogP contribution in [0, 0.1) is 0 Å². The number of nitrogens with one attached hydrogen (secondary N) is 3. The predicted octanol–water partition coefficient (Wildman–Crippen LogP) is 1.94. The standard InChI is InChI=1S/C15H23N3O4S/c1-4-5-6-9-16-15(20)13-10-12(17-11(2)19)7-8-14(13)18-23(3,21)22/h7-8,10,18H,4-6,9H2,1-3H3,(H,16,20)(H,17,19). The molecular formula is C15H23N3O4S. The number of rotatable bonds is 8. The number of benzene rings is 1. The van der Waals surface area contributed by atoms with Gasteiger partial charge < -0.3 is 10.6 Å². The summed E-state index contributed by atoms with van der Waals surface area (Å²) in [5.41, 5.74) is 0.767. The molecule has 0 aliphatic carbocycles. The third-order valence-electron chi connectivity index (χ3n) is 2.95. The maximum absolute atomic E-state index is 12.3. The van der Waals surface area contributed by atoms with Crippen LogP contribution in [0.4, 0.5) is 11.4 Å². The Balaban J connectivity index is 3.01. The number of amides is 2. The van der Waals surface area contributed by atoms with Gasteiger partial charge in [-0.05, 0) is 24.6 Å². The summed E-state index contributed by atoms with van der Waals surface area (Å²) in [5.74, 6) is -0.664. The Kier molecular flexibility index (Phi) is 7.02. The Morgan fingerprint density at radius 1 is 1.17 bits per heavy atom. The zero-order valence-corrected chi connectivity index (χ0v) is 14.4. The minimum atomic E-state index is -3.52. The molecular weight excluding hydrogens is 318 g/mol. The molecule has 128 valence electrons. The number of hydrogen-bond acceptors (Lipinski definition) is 4. The van der Waals surface area contributed by atoms with Crippen LogP contribution < -0.4 is 15.4 Å². The van der Waals surface area contributed by atoms with Crippen molar-refractivity contribution in [2.24, 2.45) is 0 Å².